The highest BCUT2D eigenvalue weighted by Gasteiger charge is 2.24. The molecule has 0 saturated heterocycles. The SMILES string of the molecule is CNc1cc(NCC2CCCCC2CO)nc(COC)n1. The molecule has 21 heavy (non-hydrogen) atoms. The maximum atomic E-state index is 9.47. The van der Waals surface area contributed by atoms with E-state index in [1.54, 1.807) is 7.11 Å². The number of nitrogens with one attached hydrogen (secondary N) is 2. The summed E-state index contributed by atoms with van der Waals surface area (Å²) >= 11 is 0. The average molecular weight is 294 g/mol. The van der Waals surface area contributed by atoms with Gasteiger partial charge in [0.05, 0.1) is 0 Å². The second-order valence-electron chi connectivity index (χ2n) is 5.61. The van der Waals surface area contributed by atoms with E-state index in [0.717, 1.165) is 24.6 Å². The fourth-order valence-electron chi connectivity index (χ4n) is 2.94. The van der Waals surface area contributed by atoms with Crippen LogP contribution in [0.25, 0.3) is 0 Å². The fraction of sp³-hybridized carbons (Fsp3) is 0.733. The molecule has 1 aromatic heterocycles. The van der Waals surface area contributed by atoms with Gasteiger partial charge in [0.15, 0.2) is 5.82 Å². The van der Waals surface area contributed by atoms with Crippen molar-refractivity contribution in [3.05, 3.63) is 11.9 Å². The Morgan fingerprint density at radius 3 is 2.62 bits per heavy atom. The van der Waals surface area contributed by atoms with E-state index in [9.17, 15) is 5.11 Å². The molecule has 1 aromatic rings. The lowest BCUT2D eigenvalue weighted by Crippen LogP contribution is -2.29. The number of hydrogen-bond donors (Lipinski definition) is 3. The van der Waals surface area contributed by atoms with E-state index in [2.05, 4.69) is 20.6 Å². The quantitative estimate of drug-likeness (QED) is 0.712. The summed E-state index contributed by atoms with van der Waals surface area (Å²) in [5, 5.41) is 15.9. The van der Waals surface area contributed by atoms with Gasteiger partial charge in [-0.25, -0.2) is 9.97 Å². The monoisotopic (exact) mass is 294 g/mol. The minimum atomic E-state index is 0.285. The molecule has 2 unspecified atom stereocenters. The van der Waals surface area contributed by atoms with Crippen LogP contribution in [-0.2, 0) is 11.3 Å². The zero-order chi connectivity index (χ0) is 15.1. The van der Waals surface area contributed by atoms with Gasteiger partial charge in [-0.2, -0.15) is 0 Å². The van der Waals surface area contributed by atoms with Crippen molar-refractivity contribution in [3.8, 4) is 0 Å². The highest BCUT2D eigenvalue weighted by molar-refractivity contribution is 5.47. The summed E-state index contributed by atoms with van der Waals surface area (Å²) in [6.07, 6.45) is 4.79. The zero-order valence-corrected chi connectivity index (χ0v) is 12.9. The molecule has 118 valence electrons. The Morgan fingerprint density at radius 1 is 1.24 bits per heavy atom. The number of hydrogen-bond acceptors (Lipinski definition) is 6. The Kier molecular flexibility index (Phi) is 6.20. The summed E-state index contributed by atoms with van der Waals surface area (Å²) in [7, 11) is 3.47. The summed E-state index contributed by atoms with van der Waals surface area (Å²) in [5.74, 6) is 3.18. The second kappa shape index (κ2) is 8.14. The van der Waals surface area contributed by atoms with E-state index in [4.69, 9.17) is 4.74 Å². The molecular weight excluding hydrogens is 268 g/mol. The molecule has 0 amide bonds. The summed E-state index contributed by atoms with van der Waals surface area (Å²) < 4.78 is 5.10. The summed E-state index contributed by atoms with van der Waals surface area (Å²) in [4.78, 5) is 8.80. The van der Waals surface area contributed by atoms with Crippen LogP contribution in [0.3, 0.4) is 0 Å². The maximum Gasteiger partial charge on any atom is 0.158 e. The average Bonchev–Trinajstić information content (AvgIpc) is 2.53. The lowest BCUT2D eigenvalue weighted by molar-refractivity contribution is 0.141. The van der Waals surface area contributed by atoms with Crippen molar-refractivity contribution >= 4 is 11.6 Å². The van der Waals surface area contributed by atoms with Gasteiger partial charge in [-0.3, -0.25) is 0 Å². The van der Waals surface area contributed by atoms with Crippen LogP contribution in [0.15, 0.2) is 6.07 Å². The van der Waals surface area contributed by atoms with Crippen LogP contribution in [0.2, 0.25) is 0 Å². The van der Waals surface area contributed by atoms with Crippen LogP contribution >= 0.6 is 0 Å². The Bertz CT molecular complexity index is 442. The first-order valence-corrected chi connectivity index (χ1v) is 7.66. The first kappa shape index (κ1) is 16.0. The number of nitrogens with zero attached hydrogens (tertiary/aromatic N) is 2. The molecule has 0 aliphatic heterocycles. The predicted octanol–water partition coefficient (Wildman–Crippen LogP) is 1.88. The van der Waals surface area contributed by atoms with Crippen molar-refractivity contribution in [2.45, 2.75) is 32.3 Å². The molecule has 1 fully saturated rings. The molecule has 0 spiro atoms. The highest BCUT2D eigenvalue weighted by Crippen LogP contribution is 2.29. The molecule has 1 saturated carbocycles. The fourth-order valence-corrected chi connectivity index (χ4v) is 2.94. The standard InChI is InChI=1S/C15H26N4O2/c1-16-13-7-14(19-15(18-13)10-21-2)17-8-11-5-3-4-6-12(11)9-20/h7,11-12,20H,3-6,8-10H2,1-2H3,(H2,16,17,18,19). The molecule has 6 heteroatoms. The van der Waals surface area contributed by atoms with Gasteiger partial charge in [-0.1, -0.05) is 12.8 Å². The summed E-state index contributed by atoms with van der Waals surface area (Å²) in [6.45, 7) is 1.53. The van der Waals surface area contributed by atoms with Crippen molar-refractivity contribution in [3.63, 3.8) is 0 Å². The lowest BCUT2D eigenvalue weighted by Gasteiger charge is -2.30. The predicted molar refractivity (Wildman–Crippen MR) is 83.3 cm³/mol. The first-order chi connectivity index (χ1) is 10.3. The van der Waals surface area contributed by atoms with Gasteiger partial charge in [0.25, 0.3) is 0 Å². The number of aromatic nitrogens is 2. The highest BCUT2D eigenvalue weighted by atomic mass is 16.5. The third kappa shape index (κ3) is 4.54. The molecule has 0 bridgehead atoms. The zero-order valence-electron chi connectivity index (χ0n) is 12.9. The number of rotatable bonds is 7. The van der Waals surface area contributed by atoms with Gasteiger partial charge in [-0.15, -0.1) is 0 Å². The molecular formula is C15H26N4O2. The van der Waals surface area contributed by atoms with E-state index in [1.807, 2.05) is 13.1 Å². The van der Waals surface area contributed by atoms with Crippen LogP contribution in [0.5, 0.6) is 0 Å². The van der Waals surface area contributed by atoms with E-state index in [-0.39, 0.29) is 6.61 Å². The van der Waals surface area contributed by atoms with Gasteiger partial charge < -0.3 is 20.5 Å². The third-order valence-corrected chi connectivity index (χ3v) is 4.15. The van der Waals surface area contributed by atoms with Crippen LogP contribution < -0.4 is 10.6 Å². The number of anilines is 2. The molecule has 1 aliphatic rings. The number of aliphatic hydroxyl groups is 1. The first-order valence-electron chi connectivity index (χ1n) is 7.66. The minimum Gasteiger partial charge on any atom is -0.396 e. The summed E-state index contributed by atoms with van der Waals surface area (Å²) in [5.41, 5.74) is 0. The third-order valence-electron chi connectivity index (χ3n) is 4.15. The maximum absolute atomic E-state index is 9.47. The smallest absolute Gasteiger partial charge is 0.158 e. The molecule has 1 heterocycles. The molecule has 6 nitrogen and oxygen atoms in total. The van der Waals surface area contributed by atoms with Crippen LogP contribution in [0.4, 0.5) is 11.6 Å². The van der Waals surface area contributed by atoms with Gasteiger partial charge in [-0.05, 0) is 24.7 Å². The van der Waals surface area contributed by atoms with Gasteiger partial charge in [0.1, 0.15) is 18.2 Å². The van der Waals surface area contributed by atoms with Crippen molar-refractivity contribution in [2.75, 3.05) is 37.9 Å². The second-order valence-corrected chi connectivity index (χ2v) is 5.61. The lowest BCUT2D eigenvalue weighted by atomic mass is 9.79. The summed E-state index contributed by atoms with van der Waals surface area (Å²) in [6, 6.07) is 1.90. The van der Waals surface area contributed by atoms with Crippen molar-refractivity contribution < 1.29 is 9.84 Å². The Morgan fingerprint density at radius 2 is 1.95 bits per heavy atom. The van der Waals surface area contributed by atoms with E-state index in [0.29, 0.717) is 24.3 Å². The number of methoxy groups -OCH3 is 1. The molecule has 2 rings (SSSR count). The Balaban J connectivity index is 1.99. The number of aliphatic hydroxyl groups excluding tert-OH is 1. The molecule has 2 atom stereocenters. The Hall–Kier alpha value is -1.40. The molecule has 1 aliphatic carbocycles. The van der Waals surface area contributed by atoms with Crippen LogP contribution in [0, 0.1) is 11.8 Å². The Labute approximate surface area is 126 Å². The van der Waals surface area contributed by atoms with Gasteiger partial charge >= 0.3 is 0 Å². The van der Waals surface area contributed by atoms with E-state index < -0.39 is 0 Å². The topological polar surface area (TPSA) is 79.3 Å². The van der Waals surface area contributed by atoms with Gasteiger partial charge in [0, 0.05) is 33.4 Å². The van der Waals surface area contributed by atoms with Crippen LogP contribution in [-0.4, -0.2) is 42.4 Å². The largest absolute Gasteiger partial charge is 0.396 e. The normalized spacial score (nSPS) is 22.0. The van der Waals surface area contributed by atoms with Crippen molar-refractivity contribution in [1.82, 2.24) is 9.97 Å². The molecule has 3 N–H and O–H groups in total. The number of ether oxygens (including phenoxy) is 1. The van der Waals surface area contributed by atoms with E-state index in [1.165, 1.54) is 19.3 Å². The van der Waals surface area contributed by atoms with Gasteiger partial charge in [0.2, 0.25) is 0 Å². The van der Waals surface area contributed by atoms with Crippen LogP contribution in [0.1, 0.15) is 31.5 Å². The molecule has 0 radical (unpaired) electrons. The molecule has 0 aromatic carbocycles. The van der Waals surface area contributed by atoms with Crippen molar-refractivity contribution in [1.29, 1.82) is 0 Å². The minimum absolute atomic E-state index is 0.285. The van der Waals surface area contributed by atoms with E-state index >= 15 is 0 Å². The van der Waals surface area contributed by atoms with Crippen molar-refractivity contribution in [2.24, 2.45) is 11.8 Å².